The lowest BCUT2D eigenvalue weighted by atomic mass is 10.2. The maximum absolute atomic E-state index is 12.6. The number of amides is 1. The standard InChI is InChI=1S/C19H21N5O3S2/c1-5-24-16(13-6-7-14-15(8-13)27-9-26-14)22-23-19(24)29-12(4)17(25)21-18-20-10(2)11(3)28-18/h6-8,12H,5,9H2,1-4H3,(H,20,21,25)/t12-/m1/s1. The van der Waals surface area contributed by atoms with Gasteiger partial charge in [0.05, 0.1) is 10.9 Å². The van der Waals surface area contributed by atoms with Gasteiger partial charge in [0, 0.05) is 17.0 Å². The molecule has 0 fully saturated rings. The van der Waals surface area contributed by atoms with E-state index in [9.17, 15) is 4.79 Å². The number of thiazole rings is 1. The van der Waals surface area contributed by atoms with Gasteiger partial charge in [-0.2, -0.15) is 0 Å². The Hall–Kier alpha value is -2.59. The minimum atomic E-state index is -0.349. The fourth-order valence-corrected chi connectivity index (χ4v) is 4.59. The lowest BCUT2D eigenvalue weighted by Crippen LogP contribution is -2.22. The maximum Gasteiger partial charge on any atom is 0.239 e. The van der Waals surface area contributed by atoms with Crippen LogP contribution in [0.4, 0.5) is 5.13 Å². The summed E-state index contributed by atoms with van der Waals surface area (Å²) in [5.74, 6) is 2.04. The molecule has 152 valence electrons. The number of carbonyl (C=O) groups excluding carboxylic acids is 1. The Labute approximate surface area is 176 Å². The second kappa shape index (κ2) is 8.03. The molecule has 3 aromatic rings. The summed E-state index contributed by atoms with van der Waals surface area (Å²) in [6.45, 7) is 8.70. The number of nitrogens with one attached hydrogen (secondary N) is 1. The molecule has 1 N–H and O–H groups in total. The van der Waals surface area contributed by atoms with Crippen molar-refractivity contribution >= 4 is 34.1 Å². The van der Waals surface area contributed by atoms with Crippen molar-refractivity contribution < 1.29 is 14.3 Å². The van der Waals surface area contributed by atoms with Crippen LogP contribution in [0.2, 0.25) is 0 Å². The number of anilines is 1. The molecular weight excluding hydrogens is 410 g/mol. The van der Waals surface area contributed by atoms with Gasteiger partial charge in [-0.1, -0.05) is 11.8 Å². The first-order valence-electron chi connectivity index (χ1n) is 9.21. The van der Waals surface area contributed by atoms with E-state index >= 15 is 0 Å². The Bertz CT molecular complexity index is 1040. The van der Waals surface area contributed by atoms with E-state index in [1.54, 1.807) is 0 Å². The van der Waals surface area contributed by atoms with E-state index in [0.717, 1.165) is 27.7 Å². The topological polar surface area (TPSA) is 91.2 Å². The summed E-state index contributed by atoms with van der Waals surface area (Å²) in [5.41, 5.74) is 1.82. The summed E-state index contributed by atoms with van der Waals surface area (Å²) >= 11 is 2.85. The molecule has 3 heterocycles. The largest absolute Gasteiger partial charge is 0.454 e. The normalized spacial score (nSPS) is 13.5. The van der Waals surface area contributed by atoms with E-state index in [4.69, 9.17) is 9.47 Å². The van der Waals surface area contributed by atoms with Gasteiger partial charge in [-0.25, -0.2) is 4.98 Å². The third-order valence-electron chi connectivity index (χ3n) is 4.57. The number of aromatic nitrogens is 4. The van der Waals surface area contributed by atoms with Gasteiger partial charge >= 0.3 is 0 Å². The third-order valence-corrected chi connectivity index (χ3v) is 6.64. The van der Waals surface area contributed by atoms with Crippen molar-refractivity contribution in [3.05, 3.63) is 28.8 Å². The summed E-state index contributed by atoms with van der Waals surface area (Å²) in [5, 5.41) is 12.5. The van der Waals surface area contributed by atoms with E-state index in [0.29, 0.717) is 22.6 Å². The molecule has 29 heavy (non-hydrogen) atoms. The Morgan fingerprint density at radius 3 is 2.83 bits per heavy atom. The Morgan fingerprint density at radius 2 is 2.10 bits per heavy atom. The van der Waals surface area contributed by atoms with Crippen molar-refractivity contribution in [3.63, 3.8) is 0 Å². The van der Waals surface area contributed by atoms with E-state index in [1.807, 2.05) is 50.5 Å². The predicted molar refractivity (Wildman–Crippen MR) is 113 cm³/mol. The molecule has 1 aromatic carbocycles. The van der Waals surface area contributed by atoms with Crippen molar-refractivity contribution in [2.45, 2.75) is 44.6 Å². The summed E-state index contributed by atoms with van der Waals surface area (Å²) in [7, 11) is 0. The quantitative estimate of drug-likeness (QED) is 0.592. The zero-order valence-corrected chi connectivity index (χ0v) is 18.2. The molecule has 0 spiro atoms. The van der Waals surface area contributed by atoms with Crippen LogP contribution in [0, 0.1) is 13.8 Å². The zero-order valence-electron chi connectivity index (χ0n) is 16.6. The first kappa shape index (κ1) is 19.7. The fourth-order valence-electron chi connectivity index (χ4n) is 2.85. The first-order valence-corrected chi connectivity index (χ1v) is 10.9. The number of ether oxygens (including phenoxy) is 2. The van der Waals surface area contributed by atoms with Gasteiger partial charge in [0.2, 0.25) is 12.7 Å². The summed E-state index contributed by atoms with van der Waals surface area (Å²) < 4.78 is 12.8. The second-order valence-corrected chi connectivity index (χ2v) is 9.04. The lowest BCUT2D eigenvalue weighted by molar-refractivity contribution is -0.115. The van der Waals surface area contributed by atoms with Crippen LogP contribution in [0.15, 0.2) is 23.4 Å². The Morgan fingerprint density at radius 1 is 1.31 bits per heavy atom. The molecule has 0 saturated heterocycles. The number of aryl methyl sites for hydroxylation is 2. The van der Waals surface area contributed by atoms with Gasteiger partial charge in [-0.05, 0) is 45.9 Å². The molecule has 1 amide bonds. The summed E-state index contributed by atoms with van der Waals surface area (Å²) in [4.78, 5) is 18.1. The highest BCUT2D eigenvalue weighted by Gasteiger charge is 2.22. The molecule has 0 radical (unpaired) electrons. The monoisotopic (exact) mass is 431 g/mol. The minimum absolute atomic E-state index is 0.112. The molecule has 0 aliphatic carbocycles. The molecule has 4 rings (SSSR count). The van der Waals surface area contributed by atoms with E-state index in [1.165, 1.54) is 23.1 Å². The number of rotatable bonds is 6. The molecule has 0 bridgehead atoms. The number of hydrogen-bond donors (Lipinski definition) is 1. The van der Waals surface area contributed by atoms with Gasteiger partial charge in [0.25, 0.3) is 0 Å². The molecule has 1 atom stereocenters. The van der Waals surface area contributed by atoms with Crippen LogP contribution in [0.3, 0.4) is 0 Å². The zero-order chi connectivity index (χ0) is 20.5. The summed E-state index contributed by atoms with van der Waals surface area (Å²) in [6, 6.07) is 5.70. The fraction of sp³-hybridized carbons (Fsp3) is 0.368. The van der Waals surface area contributed by atoms with Crippen molar-refractivity contribution in [1.29, 1.82) is 0 Å². The van der Waals surface area contributed by atoms with Crippen molar-refractivity contribution in [2.75, 3.05) is 12.1 Å². The Kier molecular flexibility index (Phi) is 5.46. The highest BCUT2D eigenvalue weighted by Crippen LogP contribution is 2.36. The van der Waals surface area contributed by atoms with Crippen LogP contribution >= 0.6 is 23.1 Å². The van der Waals surface area contributed by atoms with E-state index in [2.05, 4.69) is 20.5 Å². The van der Waals surface area contributed by atoms with Crippen LogP contribution < -0.4 is 14.8 Å². The van der Waals surface area contributed by atoms with E-state index < -0.39 is 0 Å². The van der Waals surface area contributed by atoms with Crippen LogP contribution in [0.1, 0.15) is 24.4 Å². The number of carbonyl (C=O) groups is 1. The second-order valence-electron chi connectivity index (χ2n) is 6.53. The predicted octanol–water partition coefficient (Wildman–Crippen LogP) is 3.89. The smallest absolute Gasteiger partial charge is 0.239 e. The Balaban J connectivity index is 1.51. The molecule has 0 saturated carbocycles. The highest BCUT2D eigenvalue weighted by molar-refractivity contribution is 8.00. The minimum Gasteiger partial charge on any atom is -0.454 e. The van der Waals surface area contributed by atoms with E-state index in [-0.39, 0.29) is 18.0 Å². The maximum atomic E-state index is 12.6. The van der Waals surface area contributed by atoms with Crippen molar-refractivity contribution in [2.24, 2.45) is 0 Å². The average molecular weight is 432 g/mol. The van der Waals surface area contributed by atoms with Crippen molar-refractivity contribution in [1.82, 2.24) is 19.7 Å². The molecule has 8 nitrogen and oxygen atoms in total. The van der Waals surface area contributed by atoms with Crippen LogP contribution in [0.5, 0.6) is 11.5 Å². The van der Waals surface area contributed by atoms with Gasteiger partial charge in [0.15, 0.2) is 27.6 Å². The highest BCUT2D eigenvalue weighted by atomic mass is 32.2. The van der Waals surface area contributed by atoms with Gasteiger partial charge in [-0.15, -0.1) is 21.5 Å². The number of fused-ring (bicyclic) bond motifs is 1. The molecule has 1 aliphatic rings. The SMILES string of the molecule is CCn1c(S[C@H](C)C(=O)Nc2nc(C)c(C)s2)nnc1-c1ccc2c(c1)OCO2. The molecule has 2 aromatic heterocycles. The third kappa shape index (κ3) is 3.95. The average Bonchev–Trinajstić information content (AvgIpc) is 3.40. The molecular formula is C19H21N5O3S2. The van der Waals surface area contributed by atoms with Crippen molar-refractivity contribution in [3.8, 4) is 22.9 Å². The van der Waals surface area contributed by atoms with Crippen LogP contribution in [0.25, 0.3) is 11.4 Å². The number of hydrogen-bond acceptors (Lipinski definition) is 8. The molecule has 10 heteroatoms. The van der Waals surface area contributed by atoms with Crippen LogP contribution in [-0.4, -0.2) is 37.7 Å². The summed E-state index contributed by atoms with van der Waals surface area (Å²) in [6.07, 6.45) is 0. The molecule has 1 aliphatic heterocycles. The van der Waals surface area contributed by atoms with Gasteiger partial charge in [-0.3, -0.25) is 4.79 Å². The van der Waals surface area contributed by atoms with Crippen LogP contribution in [-0.2, 0) is 11.3 Å². The number of thioether (sulfide) groups is 1. The molecule has 0 unspecified atom stereocenters. The van der Waals surface area contributed by atoms with Gasteiger partial charge < -0.3 is 19.4 Å². The van der Waals surface area contributed by atoms with Gasteiger partial charge in [0.1, 0.15) is 0 Å². The lowest BCUT2D eigenvalue weighted by Gasteiger charge is -2.12. The first-order chi connectivity index (χ1) is 14.0. The number of nitrogens with zero attached hydrogens (tertiary/aromatic N) is 4. The number of benzene rings is 1.